The van der Waals surface area contributed by atoms with E-state index in [1.807, 2.05) is 0 Å². The lowest BCUT2D eigenvalue weighted by atomic mass is 10.1. The minimum atomic E-state index is 0.220. The van der Waals surface area contributed by atoms with Crippen molar-refractivity contribution in [3.63, 3.8) is 0 Å². The molecule has 0 bridgehead atoms. The number of hydrogen-bond donors (Lipinski definition) is 0. The lowest BCUT2D eigenvalue weighted by Gasteiger charge is -2.25. The van der Waals surface area contributed by atoms with Crippen molar-refractivity contribution in [1.29, 1.82) is 0 Å². The summed E-state index contributed by atoms with van der Waals surface area (Å²) in [5, 5.41) is 0. The topological polar surface area (TPSA) is 4.93 Å². The smallest absolute Gasteiger partial charge is 0.0360 e. The van der Waals surface area contributed by atoms with Gasteiger partial charge in [-0.2, -0.15) is 0 Å². The summed E-state index contributed by atoms with van der Waals surface area (Å²) in [4.78, 5) is 0. The van der Waals surface area contributed by atoms with Gasteiger partial charge in [0.2, 0.25) is 0 Å². The third-order valence-electron chi connectivity index (χ3n) is 1.94. The maximum Gasteiger partial charge on any atom is 0.0360 e. The van der Waals surface area contributed by atoms with Crippen LogP contribution in [-0.4, -0.2) is 4.57 Å². The number of rotatable bonds is 0. The summed E-state index contributed by atoms with van der Waals surface area (Å²) in [6.45, 7) is 11.0. The quantitative estimate of drug-likeness (QED) is 0.537. The summed E-state index contributed by atoms with van der Waals surface area (Å²) in [5.41, 5.74) is 2.91. The molecular weight excluding hydrogens is 134 g/mol. The van der Waals surface area contributed by atoms with Gasteiger partial charge in [0, 0.05) is 16.9 Å². The van der Waals surface area contributed by atoms with Crippen LogP contribution in [0.2, 0.25) is 0 Å². The van der Waals surface area contributed by atoms with Crippen molar-refractivity contribution >= 4 is 0 Å². The average molecular weight is 151 g/mol. The molecule has 0 amide bonds. The Morgan fingerprint density at radius 1 is 1.00 bits per heavy atom. The summed E-state index contributed by atoms with van der Waals surface area (Å²) in [6.07, 6.45) is 0. The Morgan fingerprint density at radius 3 is 1.55 bits per heavy atom. The largest absolute Gasteiger partial charge is 0.344 e. The number of aryl methyl sites for hydroxylation is 2. The first-order chi connectivity index (χ1) is 4.93. The lowest BCUT2D eigenvalue weighted by Crippen LogP contribution is -2.23. The molecule has 1 aromatic rings. The zero-order valence-electron chi connectivity index (χ0n) is 8.10. The molecule has 1 aromatic heterocycles. The molecule has 1 heterocycles. The molecule has 0 aliphatic heterocycles. The van der Waals surface area contributed by atoms with E-state index in [0.717, 1.165) is 0 Å². The summed E-state index contributed by atoms with van der Waals surface area (Å²) in [5.74, 6) is 0. The van der Waals surface area contributed by atoms with Crippen LogP contribution in [0.1, 0.15) is 32.2 Å². The van der Waals surface area contributed by atoms with Crippen molar-refractivity contribution in [1.82, 2.24) is 4.57 Å². The van der Waals surface area contributed by atoms with Crippen molar-refractivity contribution in [2.75, 3.05) is 0 Å². The van der Waals surface area contributed by atoms with Crippen LogP contribution >= 0.6 is 0 Å². The number of hydrogen-bond acceptors (Lipinski definition) is 0. The van der Waals surface area contributed by atoms with Gasteiger partial charge in [-0.15, -0.1) is 0 Å². The van der Waals surface area contributed by atoms with E-state index in [-0.39, 0.29) is 5.54 Å². The maximum absolute atomic E-state index is 2.35. The summed E-state index contributed by atoms with van der Waals surface area (Å²) < 4.78 is 2.35. The maximum atomic E-state index is 2.35. The second-order valence-electron chi connectivity index (χ2n) is 4.12. The Balaban J connectivity index is 3.21. The molecule has 0 saturated carbocycles. The van der Waals surface area contributed by atoms with E-state index in [1.165, 1.54) is 11.4 Å². The first-order valence-corrected chi connectivity index (χ1v) is 4.08. The van der Waals surface area contributed by atoms with E-state index < -0.39 is 0 Å². The second-order valence-corrected chi connectivity index (χ2v) is 4.12. The summed E-state index contributed by atoms with van der Waals surface area (Å²) in [7, 11) is 0. The third kappa shape index (κ3) is 1.47. The highest BCUT2D eigenvalue weighted by Crippen LogP contribution is 2.20. The standard InChI is InChI=1S/C10H17N/c1-8-6-7-9(2)11(8)10(3,4)5/h6-7H,1-5H3. The normalized spacial score (nSPS) is 12.1. The van der Waals surface area contributed by atoms with E-state index in [1.54, 1.807) is 0 Å². The summed E-state index contributed by atoms with van der Waals surface area (Å²) in [6, 6.07) is 4.33. The van der Waals surface area contributed by atoms with Crippen molar-refractivity contribution in [2.45, 2.75) is 40.2 Å². The fourth-order valence-electron chi connectivity index (χ4n) is 1.73. The molecule has 1 heteroatoms. The van der Waals surface area contributed by atoms with Crippen LogP contribution in [0.3, 0.4) is 0 Å². The minimum Gasteiger partial charge on any atom is -0.344 e. The van der Waals surface area contributed by atoms with Gasteiger partial charge in [-0.25, -0.2) is 0 Å². The van der Waals surface area contributed by atoms with Gasteiger partial charge in [0.15, 0.2) is 0 Å². The summed E-state index contributed by atoms with van der Waals surface area (Å²) >= 11 is 0. The van der Waals surface area contributed by atoms with E-state index in [0.29, 0.717) is 0 Å². The van der Waals surface area contributed by atoms with Gasteiger partial charge in [0.25, 0.3) is 0 Å². The van der Waals surface area contributed by atoms with E-state index in [4.69, 9.17) is 0 Å². The van der Waals surface area contributed by atoms with Crippen LogP contribution in [0.25, 0.3) is 0 Å². The Bertz CT molecular complexity index is 231. The highest BCUT2D eigenvalue weighted by molar-refractivity contribution is 5.16. The van der Waals surface area contributed by atoms with Crippen molar-refractivity contribution in [3.05, 3.63) is 23.5 Å². The SMILES string of the molecule is Cc1ccc(C)n1C(C)(C)C. The van der Waals surface area contributed by atoms with Gasteiger partial charge in [0.05, 0.1) is 0 Å². The number of aromatic nitrogens is 1. The van der Waals surface area contributed by atoms with Gasteiger partial charge in [-0.05, 0) is 46.8 Å². The van der Waals surface area contributed by atoms with E-state index >= 15 is 0 Å². The molecule has 11 heavy (non-hydrogen) atoms. The zero-order chi connectivity index (χ0) is 8.65. The number of nitrogens with zero attached hydrogens (tertiary/aromatic N) is 1. The molecule has 0 fully saturated rings. The van der Waals surface area contributed by atoms with Crippen molar-refractivity contribution in [2.24, 2.45) is 0 Å². The molecule has 0 aliphatic carbocycles. The molecule has 0 saturated heterocycles. The van der Waals surface area contributed by atoms with Gasteiger partial charge in [0.1, 0.15) is 0 Å². The molecule has 62 valence electrons. The molecular formula is C10H17N. The van der Waals surface area contributed by atoms with Crippen LogP contribution in [0, 0.1) is 13.8 Å². The molecule has 0 atom stereocenters. The molecule has 1 nitrogen and oxygen atoms in total. The van der Waals surface area contributed by atoms with Gasteiger partial charge < -0.3 is 4.57 Å². The molecule has 0 aliphatic rings. The average Bonchev–Trinajstić information content (AvgIpc) is 2.08. The zero-order valence-corrected chi connectivity index (χ0v) is 8.10. The van der Waals surface area contributed by atoms with Crippen LogP contribution < -0.4 is 0 Å². The van der Waals surface area contributed by atoms with Gasteiger partial charge in [-0.1, -0.05) is 0 Å². The second kappa shape index (κ2) is 2.40. The first kappa shape index (κ1) is 8.38. The third-order valence-corrected chi connectivity index (χ3v) is 1.94. The van der Waals surface area contributed by atoms with Gasteiger partial charge >= 0.3 is 0 Å². The fourth-order valence-corrected chi connectivity index (χ4v) is 1.73. The van der Waals surface area contributed by atoms with Crippen LogP contribution in [0.5, 0.6) is 0 Å². The predicted molar refractivity (Wildman–Crippen MR) is 48.9 cm³/mol. The Morgan fingerprint density at radius 2 is 1.36 bits per heavy atom. The van der Waals surface area contributed by atoms with Crippen LogP contribution in [-0.2, 0) is 5.54 Å². The Labute approximate surface area is 69.0 Å². The highest BCUT2D eigenvalue weighted by atomic mass is 15.1. The molecule has 0 aromatic carbocycles. The van der Waals surface area contributed by atoms with Gasteiger partial charge in [-0.3, -0.25) is 0 Å². The van der Waals surface area contributed by atoms with Crippen LogP contribution in [0.15, 0.2) is 12.1 Å². The molecule has 1 rings (SSSR count). The highest BCUT2D eigenvalue weighted by Gasteiger charge is 2.15. The predicted octanol–water partition coefficient (Wildman–Crippen LogP) is 2.86. The minimum absolute atomic E-state index is 0.220. The van der Waals surface area contributed by atoms with E-state index in [9.17, 15) is 0 Å². The lowest BCUT2D eigenvalue weighted by molar-refractivity contribution is 0.383. The Hall–Kier alpha value is -0.720. The molecule has 0 N–H and O–H groups in total. The first-order valence-electron chi connectivity index (χ1n) is 4.08. The monoisotopic (exact) mass is 151 g/mol. The molecule has 0 spiro atoms. The Kier molecular flexibility index (Phi) is 1.83. The molecule has 0 radical (unpaired) electrons. The molecule has 0 unspecified atom stereocenters. The van der Waals surface area contributed by atoms with Crippen LogP contribution in [0.4, 0.5) is 0 Å². The fraction of sp³-hybridized carbons (Fsp3) is 0.600. The van der Waals surface area contributed by atoms with E-state index in [2.05, 4.69) is 51.3 Å². The van der Waals surface area contributed by atoms with Crippen molar-refractivity contribution in [3.8, 4) is 0 Å². The van der Waals surface area contributed by atoms with Crippen molar-refractivity contribution < 1.29 is 0 Å².